The molecule has 1 aliphatic rings. The predicted molar refractivity (Wildman–Crippen MR) is 103 cm³/mol. The summed E-state index contributed by atoms with van der Waals surface area (Å²) in [6, 6.07) is 12.3. The maximum atomic E-state index is 13.9. The number of benzene rings is 1. The molecule has 1 aromatic carbocycles. The zero-order valence-corrected chi connectivity index (χ0v) is 16.6. The van der Waals surface area contributed by atoms with Crippen LogP contribution in [0.15, 0.2) is 41.8 Å². The average molecular weight is 379 g/mol. The summed E-state index contributed by atoms with van der Waals surface area (Å²) >= 11 is 1.73. The van der Waals surface area contributed by atoms with Crippen LogP contribution in [0.2, 0.25) is 0 Å². The van der Waals surface area contributed by atoms with Crippen LogP contribution in [-0.2, 0) is 31.9 Å². The first-order chi connectivity index (χ1) is 12.1. The standard InChI is InChI=1S/C19H26NO3PS/c1-3-22-24(21,23-4-2)19(20-15-16-9-6-5-7-10-16)13-8-11-18-17(19)12-14-25-18/h5-7,9-10,12,14,20H,3-4,8,11,13,15H2,1-2H3/t19-/m1/s1. The molecule has 25 heavy (non-hydrogen) atoms. The fraction of sp³-hybridized carbons (Fsp3) is 0.474. The first kappa shape index (κ1) is 18.8. The monoisotopic (exact) mass is 379 g/mol. The molecule has 0 saturated heterocycles. The predicted octanol–water partition coefficient (Wildman–Crippen LogP) is 5.29. The van der Waals surface area contributed by atoms with E-state index in [2.05, 4.69) is 28.9 Å². The number of aryl methyl sites for hydroxylation is 1. The van der Waals surface area contributed by atoms with Crippen LogP contribution in [0.25, 0.3) is 0 Å². The highest BCUT2D eigenvalue weighted by Gasteiger charge is 2.54. The first-order valence-electron chi connectivity index (χ1n) is 8.90. The van der Waals surface area contributed by atoms with Crippen molar-refractivity contribution in [1.29, 1.82) is 0 Å². The van der Waals surface area contributed by atoms with Gasteiger partial charge in [-0.05, 0) is 55.7 Å². The third kappa shape index (κ3) is 3.62. The fourth-order valence-corrected chi connectivity index (χ4v) is 7.03. The second-order valence-electron chi connectivity index (χ2n) is 6.14. The summed E-state index contributed by atoms with van der Waals surface area (Å²) in [4.78, 5) is 1.28. The van der Waals surface area contributed by atoms with E-state index in [1.54, 1.807) is 11.3 Å². The molecule has 1 N–H and O–H groups in total. The largest absolute Gasteiger partial charge is 0.355 e. The lowest BCUT2D eigenvalue weighted by Gasteiger charge is -2.42. The molecule has 0 radical (unpaired) electrons. The molecule has 0 saturated carbocycles. The van der Waals surface area contributed by atoms with Gasteiger partial charge in [0.1, 0.15) is 5.28 Å². The van der Waals surface area contributed by atoms with E-state index in [4.69, 9.17) is 9.05 Å². The smallest absolute Gasteiger partial charge is 0.307 e. The highest BCUT2D eigenvalue weighted by atomic mass is 32.1. The second kappa shape index (κ2) is 8.15. The zero-order valence-electron chi connectivity index (χ0n) is 14.9. The maximum absolute atomic E-state index is 13.9. The molecule has 136 valence electrons. The van der Waals surface area contributed by atoms with Gasteiger partial charge in [0.2, 0.25) is 0 Å². The summed E-state index contributed by atoms with van der Waals surface area (Å²) in [5.74, 6) is 0. The van der Waals surface area contributed by atoms with Gasteiger partial charge in [0, 0.05) is 11.4 Å². The average Bonchev–Trinajstić information content (AvgIpc) is 3.11. The number of hydrogen-bond acceptors (Lipinski definition) is 5. The molecule has 0 spiro atoms. The Kier molecular flexibility index (Phi) is 6.13. The Labute approximate surface area is 154 Å². The highest BCUT2D eigenvalue weighted by molar-refractivity contribution is 7.55. The molecule has 0 amide bonds. The Bertz CT molecular complexity index is 723. The van der Waals surface area contributed by atoms with Crippen molar-refractivity contribution >= 4 is 18.9 Å². The van der Waals surface area contributed by atoms with E-state index in [-0.39, 0.29) is 0 Å². The summed E-state index contributed by atoms with van der Waals surface area (Å²) < 4.78 is 25.5. The number of nitrogens with one attached hydrogen (secondary N) is 1. The number of fused-ring (bicyclic) bond motifs is 1. The lowest BCUT2D eigenvalue weighted by molar-refractivity contribution is 0.177. The molecule has 6 heteroatoms. The lowest BCUT2D eigenvalue weighted by Crippen LogP contribution is -2.45. The molecule has 1 aliphatic carbocycles. The molecule has 0 unspecified atom stereocenters. The van der Waals surface area contributed by atoms with Gasteiger partial charge < -0.3 is 9.05 Å². The van der Waals surface area contributed by atoms with E-state index in [1.807, 2.05) is 32.0 Å². The lowest BCUT2D eigenvalue weighted by atomic mass is 9.93. The van der Waals surface area contributed by atoms with Crippen molar-refractivity contribution in [2.75, 3.05) is 13.2 Å². The molecule has 0 bridgehead atoms. The topological polar surface area (TPSA) is 47.6 Å². The number of thiophene rings is 1. The summed E-state index contributed by atoms with van der Waals surface area (Å²) in [5, 5.41) is 4.90. The molecule has 2 aromatic rings. The Hall–Kier alpha value is -0.970. The number of rotatable bonds is 8. The van der Waals surface area contributed by atoms with Crippen molar-refractivity contribution in [3.05, 3.63) is 57.8 Å². The van der Waals surface area contributed by atoms with Crippen LogP contribution in [0.5, 0.6) is 0 Å². The van der Waals surface area contributed by atoms with Gasteiger partial charge in [-0.3, -0.25) is 9.88 Å². The van der Waals surface area contributed by atoms with Gasteiger partial charge in [-0.2, -0.15) is 0 Å². The normalized spacial score (nSPS) is 20.4. The van der Waals surface area contributed by atoms with E-state index >= 15 is 0 Å². The Balaban J connectivity index is 2.02. The van der Waals surface area contributed by atoms with Crippen molar-refractivity contribution in [3.63, 3.8) is 0 Å². The van der Waals surface area contributed by atoms with Crippen LogP contribution >= 0.6 is 18.9 Å². The minimum atomic E-state index is -3.37. The SMILES string of the molecule is CCOP(=O)(OCC)[C@]1(NCc2ccccc2)CCCc2sccc21. The van der Waals surface area contributed by atoms with Gasteiger partial charge in [-0.1, -0.05) is 30.3 Å². The molecule has 3 rings (SSSR count). The van der Waals surface area contributed by atoms with Crippen LogP contribution in [0.1, 0.15) is 42.7 Å². The van der Waals surface area contributed by atoms with E-state index in [0.29, 0.717) is 19.8 Å². The van der Waals surface area contributed by atoms with Crippen LogP contribution < -0.4 is 5.32 Å². The third-order valence-electron chi connectivity index (χ3n) is 4.63. The molecule has 4 nitrogen and oxygen atoms in total. The summed E-state index contributed by atoms with van der Waals surface area (Å²) in [6.45, 7) is 5.10. The van der Waals surface area contributed by atoms with Crippen molar-refractivity contribution in [3.8, 4) is 0 Å². The van der Waals surface area contributed by atoms with Crippen molar-refractivity contribution in [1.82, 2.24) is 5.32 Å². The van der Waals surface area contributed by atoms with Crippen LogP contribution in [0.3, 0.4) is 0 Å². The van der Waals surface area contributed by atoms with Gasteiger partial charge in [0.15, 0.2) is 0 Å². The Morgan fingerprint density at radius 2 is 1.88 bits per heavy atom. The van der Waals surface area contributed by atoms with Gasteiger partial charge in [0.05, 0.1) is 13.2 Å². The highest BCUT2D eigenvalue weighted by Crippen LogP contribution is 2.67. The fourth-order valence-electron chi connectivity index (χ4n) is 3.55. The summed E-state index contributed by atoms with van der Waals surface area (Å²) in [6.07, 6.45) is 2.75. The maximum Gasteiger partial charge on any atom is 0.355 e. The molecule has 0 fully saturated rings. The van der Waals surface area contributed by atoms with Gasteiger partial charge >= 0.3 is 7.60 Å². The minimum Gasteiger partial charge on any atom is -0.307 e. The molecule has 0 aliphatic heterocycles. The quantitative estimate of drug-likeness (QED) is 0.633. The Morgan fingerprint density at radius 1 is 1.16 bits per heavy atom. The summed E-state index contributed by atoms with van der Waals surface area (Å²) in [5.41, 5.74) is 2.24. The van der Waals surface area contributed by atoms with Crippen molar-refractivity contribution in [2.24, 2.45) is 0 Å². The van der Waals surface area contributed by atoms with E-state index < -0.39 is 12.9 Å². The Morgan fingerprint density at radius 3 is 2.56 bits per heavy atom. The summed E-state index contributed by atoms with van der Waals surface area (Å²) in [7, 11) is -3.37. The van der Waals surface area contributed by atoms with E-state index in [1.165, 1.54) is 4.88 Å². The van der Waals surface area contributed by atoms with E-state index in [9.17, 15) is 4.57 Å². The minimum absolute atomic E-state index is 0.367. The zero-order chi connectivity index (χ0) is 17.8. The first-order valence-corrected chi connectivity index (χ1v) is 11.3. The van der Waals surface area contributed by atoms with Crippen molar-refractivity contribution in [2.45, 2.75) is 44.9 Å². The van der Waals surface area contributed by atoms with Gasteiger partial charge in [-0.25, -0.2) is 0 Å². The van der Waals surface area contributed by atoms with Gasteiger partial charge in [0.25, 0.3) is 0 Å². The molecular formula is C19H26NO3PS. The van der Waals surface area contributed by atoms with Gasteiger partial charge in [-0.15, -0.1) is 11.3 Å². The second-order valence-corrected chi connectivity index (χ2v) is 9.42. The van der Waals surface area contributed by atoms with Crippen LogP contribution in [0, 0.1) is 0 Å². The third-order valence-corrected chi connectivity index (χ3v) is 8.36. The molecule has 1 atom stereocenters. The molecule has 1 aromatic heterocycles. The van der Waals surface area contributed by atoms with Crippen molar-refractivity contribution < 1.29 is 13.6 Å². The molecular weight excluding hydrogens is 353 g/mol. The van der Waals surface area contributed by atoms with Crippen LogP contribution in [0.4, 0.5) is 0 Å². The number of hydrogen-bond donors (Lipinski definition) is 1. The van der Waals surface area contributed by atoms with E-state index in [0.717, 1.165) is 30.4 Å². The van der Waals surface area contributed by atoms with Crippen LogP contribution in [-0.4, -0.2) is 13.2 Å². The molecule has 1 heterocycles.